The molecule has 2 heterocycles. The fourth-order valence-electron chi connectivity index (χ4n) is 7.85. The lowest BCUT2D eigenvalue weighted by Gasteiger charge is -2.43. The summed E-state index contributed by atoms with van der Waals surface area (Å²) in [5.41, 5.74) is -0.891. The number of carbonyl (C=O) groups is 2. The second kappa shape index (κ2) is 12.0. The lowest BCUT2D eigenvalue weighted by atomic mass is 9.65. The molecule has 7 rings (SSSR count). The summed E-state index contributed by atoms with van der Waals surface area (Å²) in [6.07, 6.45) is 3.48. The average molecular weight is 709 g/mol. The number of Topliss-reactive ketones (excluding diaryl/α,β-unsaturated/α-hetero) is 2. The highest BCUT2D eigenvalue weighted by atomic mass is 16.7. The monoisotopic (exact) mass is 708 g/mol. The zero-order chi connectivity index (χ0) is 37.4. The topological polar surface area (TPSA) is 214 Å². The Morgan fingerprint density at radius 1 is 0.827 bits per heavy atom. The van der Waals surface area contributed by atoms with E-state index in [0.717, 1.165) is 23.8 Å². The van der Waals surface area contributed by atoms with Gasteiger partial charge in [-0.05, 0) is 63.1 Å². The molecule has 0 amide bonds. The van der Waals surface area contributed by atoms with E-state index in [4.69, 9.17) is 9.47 Å². The molecule has 12 heteroatoms. The summed E-state index contributed by atoms with van der Waals surface area (Å²) in [5.74, 6) is -11.1. The number of ketones is 2. The minimum absolute atomic E-state index is 0.0310. The molecule has 0 unspecified atom stereocenters. The summed E-state index contributed by atoms with van der Waals surface area (Å²) in [5, 5.41) is 87.8. The van der Waals surface area contributed by atoms with E-state index in [2.05, 4.69) is 0 Å². The van der Waals surface area contributed by atoms with E-state index in [0.29, 0.717) is 5.57 Å². The van der Waals surface area contributed by atoms with Crippen molar-refractivity contribution in [2.45, 2.75) is 56.8 Å². The van der Waals surface area contributed by atoms with Crippen molar-refractivity contribution in [2.24, 2.45) is 5.92 Å². The molecule has 1 aliphatic carbocycles. The van der Waals surface area contributed by atoms with Gasteiger partial charge >= 0.3 is 5.79 Å². The van der Waals surface area contributed by atoms with Crippen LogP contribution in [-0.4, -0.2) is 58.2 Å². The van der Waals surface area contributed by atoms with Crippen molar-refractivity contribution in [2.75, 3.05) is 0 Å². The maximum Gasteiger partial charge on any atom is 0.318 e. The lowest BCUT2D eigenvalue weighted by Crippen LogP contribution is -2.62. The molecule has 0 spiro atoms. The van der Waals surface area contributed by atoms with Crippen LogP contribution in [0, 0.1) is 5.92 Å². The number of phenols is 7. The number of carbonyl (C=O) groups excluding carboxylic acids is 2. The predicted octanol–water partition coefficient (Wildman–Crippen LogP) is 6.25. The van der Waals surface area contributed by atoms with Gasteiger partial charge in [-0.3, -0.25) is 9.59 Å². The number of phenolic OH excluding ortho intramolecular Hbond substituents is 7. The van der Waals surface area contributed by atoms with Gasteiger partial charge < -0.3 is 50.3 Å². The fraction of sp³-hybridized carbons (Fsp3) is 0.250. The van der Waals surface area contributed by atoms with Gasteiger partial charge in [0.1, 0.15) is 57.3 Å². The number of hydrogen-bond acceptors (Lipinski definition) is 12. The second-order valence-electron chi connectivity index (χ2n) is 13.9. The Morgan fingerprint density at radius 3 is 2.15 bits per heavy atom. The second-order valence-corrected chi connectivity index (χ2v) is 13.9. The van der Waals surface area contributed by atoms with Gasteiger partial charge in [-0.25, -0.2) is 0 Å². The number of rotatable bonds is 6. The van der Waals surface area contributed by atoms with E-state index >= 15 is 0 Å². The number of hydrogen-bond donors (Lipinski definition) is 8. The van der Waals surface area contributed by atoms with Crippen molar-refractivity contribution >= 4 is 11.6 Å². The lowest BCUT2D eigenvalue weighted by molar-refractivity contribution is -0.201. The zero-order valence-electron chi connectivity index (χ0n) is 28.3. The highest BCUT2D eigenvalue weighted by molar-refractivity contribution is 6.09. The molecule has 5 atom stereocenters. The van der Waals surface area contributed by atoms with Crippen molar-refractivity contribution in [3.63, 3.8) is 0 Å². The molecule has 52 heavy (non-hydrogen) atoms. The average Bonchev–Trinajstić information content (AvgIpc) is 3.30. The van der Waals surface area contributed by atoms with Crippen LogP contribution in [0.15, 0.2) is 84.0 Å². The van der Waals surface area contributed by atoms with Gasteiger partial charge in [0.05, 0.1) is 5.56 Å². The van der Waals surface area contributed by atoms with E-state index in [9.17, 15) is 50.4 Å². The van der Waals surface area contributed by atoms with Gasteiger partial charge in [0.15, 0.2) is 5.78 Å². The highest BCUT2D eigenvalue weighted by Crippen LogP contribution is 2.61. The Labute approximate surface area is 297 Å². The smallest absolute Gasteiger partial charge is 0.318 e. The largest absolute Gasteiger partial charge is 0.508 e. The Morgan fingerprint density at radius 2 is 1.48 bits per heavy atom. The fourth-order valence-corrected chi connectivity index (χ4v) is 7.85. The molecule has 0 aromatic heterocycles. The van der Waals surface area contributed by atoms with Crippen LogP contribution in [0.2, 0.25) is 0 Å². The number of aliphatic hydroxyl groups is 1. The zero-order valence-corrected chi connectivity index (χ0v) is 28.3. The SMILES string of the molecule is CC(C)=CC[C@@]12Oc3cc(O)c([C@@H]4C=C(C)C[C@H](c5ccc(O)cc5O)[C@H]4C(=O)c4ccc(O)cc4O)c(O)c3C(=O)[C@]1(O)Oc1cc(O)ccc12. The molecule has 0 fully saturated rings. The first-order valence-electron chi connectivity index (χ1n) is 16.5. The first-order chi connectivity index (χ1) is 24.6. The quantitative estimate of drug-likeness (QED) is 0.0824. The normalized spacial score (nSPS) is 24.4. The van der Waals surface area contributed by atoms with Crippen LogP contribution < -0.4 is 9.47 Å². The minimum Gasteiger partial charge on any atom is -0.508 e. The van der Waals surface area contributed by atoms with Crippen LogP contribution in [0.3, 0.4) is 0 Å². The third-order valence-electron chi connectivity index (χ3n) is 10.2. The van der Waals surface area contributed by atoms with Gasteiger partial charge in [-0.15, -0.1) is 0 Å². The molecule has 0 radical (unpaired) electrons. The van der Waals surface area contributed by atoms with Crippen molar-refractivity contribution in [3.05, 3.63) is 112 Å². The van der Waals surface area contributed by atoms with Crippen molar-refractivity contribution in [3.8, 4) is 51.7 Å². The third-order valence-corrected chi connectivity index (χ3v) is 10.2. The molecule has 8 N–H and O–H groups in total. The molecule has 0 saturated carbocycles. The van der Waals surface area contributed by atoms with Crippen LogP contribution in [0.5, 0.6) is 51.7 Å². The Balaban J connectivity index is 1.43. The van der Waals surface area contributed by atoms with Crippen LogP contribution in [0.1, 0.15) is 82.9 Å². The van der Waals surface area contributed by atoms with E-state index in [1.165, 1.54) is 42.5 Å². The minimum atomic E-state index is -2.75. The number of benzene rings is 4. The highest BCUT2D eigenvalue weighted by Gasteiger charge is 2.70. The standard InChI is InChI=1S/C40H36O12/c1-18(2)10-11-39-27-9-6-22(43)16-31(27)52-40(39,50)38(49)35-32(51-39)17-30(46)34(37(35)48)26-13-19(3)12-25(23-7-4-20(41)14-28(23)44)33(26)36(47)24-8-5-21(42)15-29(24)45/h4-10,13-17,25-26,33,41-46,48,50H,11-12H2,1-3H3/t25-,26-,33-,39+,40+/m1/s1. The summed E-state index contributed by atoms with van der Waals surface area (Å²) < 4.78 is 12.3. The molecule has 2 aliphatic heterocycles. The van der Waals surface area contributed by atoms with Crippen molar-refractivity contribution < 1.29 is 59.9 Å². The molecule has 3 aliphatic rings. The first kappa shape index (κ1) is 34.3. The Hall–Kier alpha value is -6.14. The molecule has 4 aromatic rings. The summed E-state index contributed by atoms with van der Waals surface area (Å²) >= 11 is 0. The van der Waals surface area contributed by atoms with Crippen LogP contribution in [-0.2, 0) is 5.60 Å². The molecular formula is C40H36O12. The molecule has 268 valence electrons. The van der Waals surface area contributed by atoms with Crippen LogP contribution in [0.25, 0.3) is 0 Å². The summed E-state index contributed by atoms with van der Waals surface area (Å²) in [4.78, 5) is 29.1. The summed E-state index contributed by atoms with van der Waals surface area (Å²) in [6.45, 7) is 5.37. The third kappa shape index (κ3) is 5.09. The molecule has 0 bridgehead atoms. The van der Waals surface area contributed by atoms with E-state index in [1.54, 1.807) is 19.1 Å². The van der Waals surface area contributed by atoms with Gasteiger partial charge in [-0.2, -0.15) is 0 Å². The Kier molecular flexibility index (Phi) is 7.91. The van der Waals surface area contributed by atoms with Gasteiger partial charge in [0, 0.05) is 59.6 Å². The molecule has 12 nitrogen and oxygen atoms in total. The number of fused-ring (bicyclic) bond motifs is 4. The predicted molar refractivity (Wildman–Crippen MR) is 185 cm³/mol. The Bertz CT molecular complexity index is 2250. The maximum absolute atomic E-state index is 14.6. The van der Waals surface area contributed by atoms with E-state index in [1.807, 2.05) is 13.8 Å². The summed E-state index contributed by atoms with van der Waals surface area (Å²) in [7, 11) is 0. The first-order valence-corrected chi connectivity index (χ1v) is 16.5. The number of aromatic hydroxyl groups is 7. The number of ether oxygens (including phenoxy) is 2. The van der Waals surface area contributed by atoms with Crippen molar-refractivity contribution in [1.82, 2.24) is 0 Å². The van der Waals surface area contributed by atoms with Crippen LogP contribution in [0.4, 0.5) is 0 Å². The molecular weight excluding hydrogens is 672 g/mol. The molecule has 4 aromatic carbocycles. The molecule has 0 saturated heterocycles. The van der Waals surface area contributed by atoms with Crippen LogP contribution >= 0.6 is 0 Å². The van der Waals surface area contributed by atoms with Gasteiger partial charge in [0.2, 0.25) is 11.4 Å². The van der Waals surface area contributed by atoms with Crippen molar-refractivity contribution in [1.29, 1.82) is 0 Å². The van der Waals surface area contributed by atoms with E-state index in [-0.39, 0.29) is 69.6 Å². The summed E-state index contributed by atoms with van der Waals surface area (Å²) in [6, 6.07) is 12.5. The van der Waals surface area contributed by atoms with E-state index < -0.39 is 63.5 Å². The maximum atomic E-state index is 14.6. The van der Waals surface area contributed by atoms with Gasteiger partial charge in [0.25, 0.3) is 0 Å². The number of allylic oxidation sites excluding steroid dienone is 3. The van der Waals surface area contributed by atoms with Gasteiger partial charge in [-0.1, -0.05) is 29.4 Å².